The quantitative estimate of drug-likeness (QED) is 0.356. The predicted octanol–water partition coefficient (Wildman–Crippen LogP) is 5.57. The van der Waals surface area contributed by atoms with Crippen LogP contribution in [-0.2, 0) is 14.8 Å². The molecule has 21 heteroatoms. The zero-order chi connectivity index (χ0) is 31.3. The van der Waals surface area contributed by atoms with E-state index in [4.69, 9.17) is 0 Å². The lowest BCUT2D eigenvalue weighted by Crippen LogP contribution is -2.71. The summed E-state index contributed by atoms with van der Waals surface area (Å²) in [6, 6.07) is 3.18. The highest BCUT2D eigenvalue weighted by atomic mass is 32.2. The Hall–Kier alpha value is -3.39. The molecule has 1 heterocycles. The summed E-state index contributed by atoms with van der Waals surface area (Å²) in [5.41, 5.74) is -0.699. The molecule has 0 atom stereocenters. The zero-order valence-electron chi connectivity index (χ0n) is 19.3. The molecule has 2 rings (SSSR count). The number of benzene rings is 1. The normalized spacial score (nSPS) is 14.2. The molecule has 0 bridgehead atoms. The van der Waals surface area contributed by atoms with E-state index in [1.807, 2.05) is 4.72 Å². The number of anilines is 2. The van der Waals surface area contributed by atoms with Gasteiger partial charge in [-0.15, -0.1) is 0 Å². The second-order valence-electron chi connectivity index (χ2n) is 7.90. The molecule has 1 aromatic heterocycles. The van der Waals surface area contributed by atoms with Crippen molar-refractivity contribution in [2.75, 3.05) is 10.0 Å². The lowest BCUT2D eigenvalue weighted by molar-refractivity contribution is -0.435. The first kappa shape index (κ1) is 32.8. The van der Waals surface area contributed by atoms with Gasteiger partial charge in [0.05, 0.1) is 4.90 Å². The topological polar surface area (TPSA) is 101 Å². The van der Waals surface area contributed by atoms with E-state index in [2.05, 4.69) is 9.97 Å². The van der Waals surface area contributed by atoms with Crippen molar-refractivity contribution in [3.8, 4) is 0 Å². The van der Waals surface area contributed by atoms with Gasteiger partial charge in [0, 0.05) is 17.4 Å². The molecule has 0 fully saturated rings. The van der Waals surface area contributed by atoms with Gasteiger partial charge in [0.2, 0.25) is 0 Å². The molecule has 0 radical (unpaired) electrons. The number of halogens is 13. The second kappa shape index (κ2) is 9.91. The lowest BCUT2D eigenvalue weighted by Gasteiger charge is -2.39. The van der Waals surface area contributed by atoms with Gasteiger partial charge >= 0.3 is 41.7 Å². The number of alkyl halides is 13. The fourth-order valence-electron chi connectivity index (χ4n) is 2.80. The van der Waals surface area contributed by atoms with Gasteiger partial charge in [-0.2, -0.15) is 57.1 Å². The number of rotatable bonds is 9. The Morgan fingerprint density at radius 1 is 0.725 bits per heavy atom. The highest BCUT2D eigenvalue weighted by Crippen LogP contribution is 2.60. The number of carbonyl (C=O) groups is 1. The van der Waals surface area contributed by atoms with Crippen molar-refractivity contribution in [3.63, 3.8) is 0 Å². The SMILES string of the molecule is Cc1cc(NS(=O)(=O)c2ccc(NC(=O)C(F)(F)C(F)(F)C(F)(F)C(F)(F)C(F)(F)C(F)(F)F)cc2)nc(C)n1. The number of hydrogen-bond acceptors (Lipinski definition) is 5. The first-order chi connectivity index (χ1) is 17.7. The average molecular weight is 624 g/mol. The molecule has 1 aromatic carbocycles. The van der Waals surface area contributed by atoms with Crippen LogP contribution in [0.3, 0.4) is 0 Å². The van der Waals surface area contributed by atoms with Gasteiger partial charge in [0.1, 0.15) is 11.6 Å². The third-order valence-electron chi connectivity index (χ3n) is 4.85. The molecule has 0 spiro atoms. The first-order valence-corrected chi connectivity index (χ1v) is 11.4. The summed E-state index contributed by atoms with van der Waals surface area (Å²) in [5, 5.41) is 0.831. The van der Waals surface area contributed by atoms with Crippen LogP contribution in [0, 0.1) is 13.8 Å². The molecule has 224 valence electrons. The maximum atomic E-state index is 13.9. The molecule has 0 saturated carbocycles. The lowest BCUT2D eigenvalue weighted by atomic mass is 9.93. The Balaban J connectivity index is 2.32. The highest BCUT2D eigenvalue weighted by molar-refractivity contribution is 7.92. The van der Waals surface area contributed by atoms with Crippen LogP contribution in [0.25, 0.3) is 0 Å². The maximum Gasteiger partial charge on any atom is 0.460 e. The van der Waals surface area contributed by atoms with E-state index in [-0.39, 0.29) is 11.6 Å². The monoisotopic (exact) mass is 624 g/mol. The summed E-state index contributed by atoms with van der Waals surface area (Å²) in [6.45, 7) is 2.91. The van der Waals surface area contributed by atoms with E-state index in [0.29, 0.717) is 30.0 Å². The van der Waals surface area contributed by atoms with Crippen LogP contribution in [0.4, 0.5) is 68.6 Å². The molecule has 0 unspecified atom stereocenters. The Labute approximate surface area is 214 Å². The standard InChI is InChI=1S/C19H13F13N4O3S/c1-8-7-12(34-9(2)33-8)36-40(38,39)11-5-3-10(4-6-11)35-13(37)14(20,21)15(22,23)16(24,25)17(26,27)18(28,29)19(30,31)32/h3-7H,1-2H3,(H,35,37)(H,33,34,36). The van der Waals surface area contributed by atoms with Crippen LogP contribution in [-0.4, -0.2) is 60.1 Å². The minimum Gasteiger partial charge on any atom is -0.321 e. The highest BCUT2D eigenvalue weighted by Gasteiger charge is 2.91. The fourth-order valence-corrected chi connectivity index (χ4v) is 3.80. The molecule has 2 aromatic rings. The predicted molar refractivity (Wildman–Crippen MR) is 108 cm³/mol. The van der Waals surface area contributed by atoms with Crippen molar-refractivity contribution in [2.24, 2.45) is 0 Å². The molecule has 7 nitrogen and oxygen atoms in total. The van der Waals surface area contributed by atoms with Crippen molar-refractivity contribution in [2.45, 2.75) is 54.5 Å². The minimum absolute atomic E-state index is 0.152. The van der Waals surface area contributed by atoms with Gasteiger partial charge in [0.25, 0.3) is 10.0 Å². The number of nitrogens with zero attached hydrogens (tertiary/aromatic N) is 2. The van der Waals surface area contributed by atoms with Crippen molar-refractivity contribution >= 4 is 27.4 Å². The Morgan fingerprint density at radius 2 is 1.20 bits per heavy atom. The van der Waals surface area contributed by atoms with E-state index in [0.717, 1.165) is 5.32 Å². The van der Waals surface area contributed by atoms with Crippen molar-refractivity contribution in [3.05, 3.63) is 41.9 Å². The summed E-state index contributed by atoms with van der Waals surface area (Å²) < 4.78 is 198. The Bertz CT molecular complexity index is 1360. The summed E-state index contributed by atoms with van der Waals surface area (Å²) in [5.74, 6) is -42.7. The smallest absolute Gasteiger partial charge is 0.321 e. The van der Waals surface area contributed by atoms with Crippen molar-refractivity contribution in [1.82, 2.24) is 9.97 Å². The Morgan fingerprint density at radius 3 is 1.65 bits per heavy atom. The zero-order valence-corrected chi connectivity index (χ0v) is 20.1. The van der Waals surface area contributed by atoms with E-state index < -0.39 is 62.3 Å². The molecule has 0 aliphatic heterocycles. The number of amides is 1. The van der Waals surface area contributed by atoms with Crippen LogP contribution < -0.4 is 10.0 Å². The van der Waals surface area contributed by atoms with Gasteiger partial charge < -0.3 is 5.32 Å². The third kappa shape index (κ3) is 5.46. The van der Waals surface area contributed by atoms with E-state index in [1.54, 1.807) is 0 Å². The van der Waals surface area contributed by atoms with Crippen LogP contribution in [0.2, 0.25) is 0 Å². The van der Waals surface area contributed by atoms with Crippen LogP contribution >= 0.6 is 0 Å². The number of aryl methyl sites for hydroxylation is 2. The van der Waals surface area contributed by atoms with Gasteiger partial charge in [0.15, 0.2) is 0 Å². The van der Waals surface area contributed by atoms with Crippen molar-refractivity contribution in [1.29, 1.82) is 0 Å². The first-order valence-electron chi connectivity index (χ1n) is 9.95. The number of nitrogens with one attached hydrogen (secondary N) is 2. The van der Waals surface area contributed by atoms with Crippen LogP contribution in [0.1, 0.15) is 11.5 Å². The summed E-state index contributed by atoms with van der Waals surface area (Å²) in [6.07, 6.45) is -7.59. The largest absolute Gasteiger partial charge is 0.460 e. The minimum atomic E-state index is -8.16. The fraction of sp³-hybridized carbons (Fsp3) is 0.421. The third-order valence-corrected chi connectivity index (χ3v) is 6.22. The summed E-state index contributed by atoms with van der Waals surface area (Å²) in [4.78, 5) is 18.6. The van der Waals surface area contributed by atoms with Crippen LogP contribution in [0.5, 0.6) is 0 Å². The number of aromatic nitrogens is 2. The van der Waals surface area contributed by atoms with E-state index in [1.165, 1.54) is 19.9 Å². The summed E-state index contributed by atoms with van der Waals surface area (Å²) >= 11 is 0. The number of sulfonamides is 1. The van der Waals surface area contributed by atoms with Gasteiger partial charge in [-0.05, 0) is 38.1 Å². The number of hydrogen-bond donors (Lipinski definition) is 2. The van der Waals surface area contributed by atoms with Crippen molar-refractivity contribution < 1.29 is 70.3 Å². The molecule has 40 heavy (non-hydrogen) atoms. The molecule has 0 aliphatic carbocycles. The molecular weight excluding hydrogens is 611 g/mol. The van der Waals surface area contributed by atoms with E-state index >= 15 is 0 Å². The van der Waals surface area contributed by atoms with Gasteiger partial charge in [-0.25, -0.2) is 18.4 Å². The average Bonchev–Trinajstić information content (AvgIpc) is 2.77. The molecule has 1 amide bonds. The van der Waals surface area contributed by atoms with E-state index in [9.17, 15) is 70.3 Å². The van der Waals surface area contributed by atoms with Gasteiger partial charge in [-0.1, -0.05) is 0 Å². The second-order valence-corrected chi connectivity index (χ2v) is 9.58. The molecule has 2 N–H and O–H groups in total. The molecular formula is C19H13F13N4O3S. The molecule has 0 aliphatic rings. The maximum absolute atomic E-state index is 13.9. The Kier molecular flexibility index (Phi) is 8.13. The molecule has 0 saturated heterocycles. The van der Waals surface area contributed by atoms with Gasteiger partial charge in [-0.3, -0.25) is 9.52 Å². The summed E-state index contributed by atoms with van der Waals surface area (Å²) in [7, 11) is -4.47. The van der Waals surface area contributed by atoms with Crippen LogP contribution in [0.15, 0.2) is 35.2 Å². The number of carbonyl (C=O) groups excluding carboxylic acids is 1.